The minimum Gasteiger partial charge on any atom is -0.850 e. The molecule has 0 saturated heterocycles. The van der Waals surface area contributed by atoms with Crippen molar-refractivity contribution < 1.29 is 34.2 Å². The van der Waals surface area contributed by atoms with Crippen molar-refractivity contribution in [1.29, 1.82) is 0 Å². The predicted octanol–water partition coefficient (Wildman–Crippen LogP) is 0.817. The molecule has 0 radical (unpaired) electrons. The summed E-state index contributed by atoms with van der Waals surface area (Å²) in [6, 6.07) is 0.211. The van der Waals surface area contributed by atoms with E-state index in [1.807, 2.05) is 41.5 Å². The van der Waals surface area contributed by atoms with Gasteiger partial charge in [0.2, 0.25) is 30.1 Å². The SMILES string of the molecule is CCC[C@H](NC(=O)[C@H](CC(C)(C)C)NC(=O)c1cc[n+](O)cc1)C(=O)N[C@@H](CC(C)C)[C@@H]([O-])CC(=O)NCC. The van der Waals surface area contributed by atoms with Crippen molar-refractivity contribution in [2.24, 2.45) is 11.3 Å². The Morgan fingerprint density at radius 3 is 2.08 bits per heavy atom. The van der Waals surface area contributed by atoms with Crippen molar-refractivity contribution in [3.63, 3.8) is 0 Å². The second-order valence-electron chi connectivity index (χ2n) is 11.5. The van der Waals surface area contributed by atoms with Crippen LogP contribution in [0.4, 0.5) is 0 Å². The van der Waals surface area contributed by atoms with E-state index < -0.39 is 42.0 Å². The van der Waals surface area contributed by atoms with Crippen LogP contribution in [0.5, 0.6) is 0 Å². The van der Waals surface area contributed by atoms with Crippen LogP contribution in [0, 0.1) is 11.3 Å². The summed E-state index contributed by atoms with van der Waals surface area (Å²) in [4.78, 5) is 51.5. The zero-order chi connectivity index (χ0) is 29.8. The van der Waals surface area contributed by atoms with E-state index in [4.69, 9.17) is 0 Å². The van der Waals surface area contributed by atoms with Gasteiger partial charge in [0.1, 0.15) is 12.1 Å². The molecule has 39 heavy (non-hydrogen) atoms. The first-order valence-electron chi connectivity index (χ1n) is 13.7. The third kappa shape index (κ3) is 12.9. The number of hydrogen-bond acceptors (Lipinski definition) is 6. The lowest BCUT2D eigenvalue weighted by Crippen LogP contribution is -2.58. The highest BCUT2D eigenvalue weighted by Gasteiger charge is 2.31. The van der Waals surface area contributed by atoms with E-state index in [1.165, 1.54) is 24.5 Å². The van der Waals surface area contributed by atoms with Crippen LogP contribution in [-0.2, 0) is 14.4 Å². The maximum absolute atomic E-state index is 13.4. The molecule has 0 fully saturated rings. The number of amides is 4. The van der Waals surface area contributed by atoms with Crippen LogP contribution < -0.4 is 31.1 Å². The number of nitrogens with zero attached hydrogens (tertiary/aromatic N) is 1. The van der Waals surface area contributed by atoms with E-state index >= 15 is 0 Å². The van der Waals surface area contributed by atoms with Crippen LogP contribution in [0.25, 0.3) is 0 Å². The second-order valence-corrected chi connectivity index (χ2v) is 11.5. The van der Waals surface area contributed by atoms with Crippen molar-refractivity contribution >= 4 is 23.6 Å². The Morgan fingerprint density at radius 1 is 0.974 bits per heavy atom. The fourth-order valence-corrected chi connectivity index (χ4v) is 4.15. The number of pyridine rings is 1. The third-order valence-corrected chi connectivity index (χ3v) is 5.99. The topological polar surface area (TPSA) is 164 Å². The molecule has 0 aliphatic heterocycles. The first kappa shape index (κ1) is 33.8. The van der Waals surface area contributed by atoms with Gasteiger partial charge in [0.05, 0.1) is 5.56 Å². The van der Waals surface area contributed by atoms with Gasteiger partial charge >= 0.3 is 0 Å². The summed E-state index contributed by atoms with van der Waals surface area (Å²) in [5.41, 5.74) is -0.0558. The first-order chi connectivity index (χ1) is 18.2. The molecule has 0 spiro atoms. The van der Waals surface area contributed by atoms with E-state index in [1.54, 1.807) is 6.92 Å². The van der Waals surface area contributed by atoms with Gasteiger partial charge in [-0.25, -0.2) is 0 Å². The molecule has 220 valence electrons. The molecule has 11 nitrogen and oxygen atoms in total. The molecule has 5 N–H and O–H groups in total. The first-order valence-corrected chi connectivity index (χ1v) is 13.7. The number of hydrogen-bond donors (Lipinski definition) is 5. The highest BCUT2D eigenvalue weighted by atomic mass is 16.5. The van der Waals surface area contributed by atoms with Gasteiger partial charge in [0.25, 0.3) is 5.91 Å². The molecule has 1 heterocycles. The highest BCUT2D eigenvalue weighted by Crippen LogP contribution is 2.21. The van der Waals surface area contributed by atoms with E-state index in [-0.39, 0.29) is 29.2 Å². The molecule has 0 bridgehead atoms. The normalized spacial score (nSPS) is 14.6. The average molecular weight is 550 g/mol. The highest BCUT2D eigenvalue weighted by molar-refractivity contribution is 5.98. The van der Waals surface area contributed by atoms with E-state index in [9.17, 15) is 29.5 Å². The summed E-state index contributed by atoms with van der Waals surface area (Å²) in [5, 5.41) is 33.2. The molecule has 1 aromatic heterocycles. The average Bonchev–Trinajstić information content (AvgIpc) is 2.82. The number of carbonyl (C=O) groups is 4. The zero-order valence-corrected chi connectivity index (χ0v) is 24.4. The van der Waals surface area contributed by atoms with Gasteiger partial charge in [-0.1, -0.05) is 54.1 Å². The second kappa shape index (κ2) is 16.0. The number of nitrogens with one attached hydrogen (secondary N) is 4. The largest absolute Gasteiger partial charge is 0.850 e. The monoisotopic (exact) mass is 549 g/mol. The minimum atomic E-state index is -1.34. The molecule has 0 saturated carbocycles. The Hall–Kier alpha value is -3.21. The van der Waals surface area contributed by atoms with Gasteiger partial charge in [-0.3, -0.25) is 24.4 Å². The van der Waals surface area contributed by atoms with Gasteiger partial charge in [-0.2, -0.15) is 0 Å². The Kier molecular flexibility index (Phi) is 13.9. The summed E-state index contributed by atoms with van der Waals surface area (Å²) in [6.07, 6.45) is 2.63. The number of rotatable bonds is 15. The molecule has 1 aromatic rings. The summed E-state index contributed by atoms with van der Waals surface area (Å²) in [6.45, 7) is 13.7. The molecule has 0 aliphatic carbocycles. The van der Waals surface area contributed by atoms with Crippen LogP contribution >= 0.6 is 0 Å². The van der Waals surface area contributed by atoms with Crippen LogP contribution in [-0.4, -0.2) is 59.6 Å². The molecule has 0 aliphatic rings. The fourth-order valence-electron chi connectivity index (χ4n) is 4.15. The van der Waals surface area contributed by atoms with Gasteiger partial charge in [-0.05, 0) is 37.5 Å². The lowest BCUT2D eigenvalue weighted by molar-refractivity contribution is -0.904. The van der Waals surface area contributed by atoms with Crippen LogP contribution in [0.3, 0.4) is 0 Å². The van der Waals surface area contributed by atoms with Crippen LogP contribution in [0.1, 0.15) is 90.9 Å². The molecule has 0 unspecified atom stereocenters. The Morgan fingerprint density at radius 2 is 1.56 bits per heavy atom. The Labute approximate surface area is 232 Å². The van der Waals surface area contributed by atoms with Crippen molar-refractivity contribution in [2.45, 2.75) is 105 Å². The lowest BCUT2D eigenvalue weighted by atomic mass is 9.87. The molecule has 1 rings (SSSR count). The summed E-state index contributed by atoms with van der Waals surface area (Å²) in [5.74, 6) is -1.77. The molecular formula is C28H47N5O6. The quantitative estimate of drug-likeness (QED) is 0.161. The van der Waals surface area contributed by atoms with E-state index in [0.717, 1.165) is 4.73 Å². The van der Waals surface area contributed by atoms with Crippen molar-refractivity contribution in [2.75, 3.05) is 6.54 Å². The van der Waals surface area contributed by atoms with Crippen molar-refractivity contribution in [3.8, 4) is 0 Å². The Bertz CT molecular complexity index is 945. The van der Waals surface area contributed by atoms with Crippen LogP contribution in [0.2, 0.25) is 0 Å². The van der Waals surface area contributed by atoms with Gasteiger partial charge in [0.15, 0.2) is 0 Å². The standard InChI is InChI=1S/C28H47N5O6/c1-8-10-20(26(37)31-21(15-18(3)4)23(34)16-24(35)29-9-2)30-27(38)22(17-28(5,6)7)32-25(36)19-11-13-33(39)14-12-19/h11-14,18,20-23,39H,8-10,15-17H2,1-7H3,(H,29,35)(H,30,38)(H,31,37)(H,32,36)/t20-,21-,22-,23-/m0/s1. The predicted molar refractivity (Wildman–Crippen MR) is 144 cm³/mol. The smallest absolute Gasteiger partial charge is 0.252 e. The van der Waals surface area contributed by atoms with Gasteiger partial charge in [-0.15, -0.1) is 0 Å². The maximum Gasteiger partial charge on any atom is 0.252 e. The van der Waals surface area contributed by atoms with Crippen molar-refractivity contribution in [3.05, 3.63) is 30.1 Å². The minimum absolute atomic E-state index is 0.102. The Balaban J connectivity index is 3.06. The van der Waals surface area contributed by atoms with Gasteiger partial charge < -0.3 is 26.4 Å². The van der Waals surface area contributed by atoms with Crippen LogP contribution in [0.15, 0.2) is 24.5 Å². The number of aromatic nitrogens is 1. The number of carbonyl (C=O) groups excluding carboxylic acids is 4. The molecule has 4 atom stereocenters. The molecule has 0 aromatic carbocycles. The zero-order valence-electron chi connectivity index (χ0n) is 24.4. The summed E-state index contributed by atoms with van der Waals surface area (Å²) < 4.78 is 0.805. The van der Waals surface area contributed by atoms with E-state index in [0.29, 0.717) is 32.2 Å². The molecule has 11 heteroatoms. The van der Waals surface area contributed by atoms with Gasteiger partial charge in [0, 0.05) is 35.9 Å². The fraction of sp³-hybridized carbons (Fsp3) is 0.679. The summed E-state index contributed by atoms with van der Waals surface area (Å²) >= 11 is 0. The lowest BCUT2D eigenvalue weighted by Gasteiger charge is -2.35. The third-order valence-electron chi connectivity index (χ3n) is 5.99. The van der Waals surface area contributed by atoms with Crippen molar-refractivity contribution in [1.82, 2.24) is 21.3 Å². The van der Waals surface area contributed by atoms with E-state index in [2.05, 4.69) is 21.3 Å². The molecular weight excluding hydrogens is 502 g/mol. The molecule has 4 amide bonds. The summed E-state index contributed by atoms with van der Waals surface area (Å²) in [7, 11) is 0. The maximum atomic E-state index is 13.4.